The zero-order valence-corrected chi connectivity index (χ0v) is 9.02. The molecular weight excluding hydrogens is 175 g/mol. The van der Waals surface area contributed by atoms with E-state index in [2.05, 4.69) is 4.74 Å². The summed E-state index contributed by atoms with van der Waals surface area (Å²) < 4.78 is 4.62. The molecule has 0 aromatic rings. The van der Waals surface area contributed by atoms with Crippen molar-refractivity contribution in [1.29, 1.82) is 0 Å². The van der Waals surface area contributed by atoms with Crippen LogP contribution in [0.1, 0.15) is 6.42 Å². The summed E-state index contributed by atoms with van der Waals surface area (Å²) in [6.07, 6.45) is -1.13. The number of hydrogen-bond donors (Lipinski definition) is 2. The van der Waals surface area contributed by atoms with Crippen LogP contribution in [0.4, 0.5) is 0 Å². The minimum absolute atomic E-state index is 0. The average Bonchev–Trinajstić information content (AvgIpc) is 1.97. The number of aliphatic carboxylic acids is 1. The maximum absolute atomic E-state index is 10.2. The van der Waals surface area contributed by atoms with Crippen molar-refractivity contribution in [2.24, 2.45) is 0 Å². The van der Waals surface area contributed by atoms with Crippen molar-refractivity contribution < 1.29 is 54.4 Å². The van der Waals surface area contributed by atoms with E-state index in [0.29, 0.717) is 0 Å². The Hall–Kier alpha value is 0.350. The fraction of sp³-hybridized carbons (Fsp3) is 0.833. The smallest absolute Gasteiger partial charge is 0.547 e. The molecule has 0 spiro atoms. The first-order valence-corrected chi connectivity index (χ1v) is 3.26. The maximum Gasteiger partial charge on any atom is 1.00 e. The van der Waals surface area contributed by atoms with Crippen LogP contribution < -0.4 is 34.7 Å². The predicted octanol–water partition coefficient (Wildman–Crippen LogP) is -5.50. The summed E-state index contributed by atoms with van der Waals surface area (Å²) in [6, 6.07) is 0. The minimum Gasteiger partial charge on any atom is -0.547 e. The van der Waals surface area contributed by atoms with Gasteiger partial charge in [0.2, 0.25) is 0 Å². The molecule has 0 aromatic heterocycles. The second-order valence-corrected chi connectivity index (χ2v) is 1.91. The van der Waals surface area contributed by atoms with Crippen LogP contribution in [0.2, 0.25) is 0 Å². The second kappa shape index (κ2) is 9.44. The van der Waals surface area contributed by atoms with Crippen LogP contribution in [0.25, 0.3) is 0 Å². The molecule has 2 N–H and O–H groups in total. The minimum atomic E-state index is -1.37. The number of ether oxygens (including phenoxy) is 1. The first-order valence-electron chi connectivity index (χ1n) is 3.26. The van der Waals surface area contributed by atoms with Gasteiger partial charge in [0.05, 0.1) is 25.3 Å². The summed E-state index contributed by atoms with van der Waals surface area (Å²) in [5, 5.41) is 26.8. The number of carbonyl (C=O) groups is 1. The van der Waals surface area contributed by atoms with E-state index in [9.17, 15) is 9.90 Å². The molecule has 0 amide bonds. The number of aliphatic hydroxyl groups excluding tert-OH is 2. The summed E-state index contributed by atoms with van der Waals surface area (Å²) in [5.41, 5.74) is 0. The van der Waals surface area contributed by atoms with Gasteiger partial charge >= 0.3 is 29.6 Å². The van der Waals surface area contributed by atoms with Crippen LogP contribution in [0, 0.1) is 0 Å². The van der Waals surface area contributed by atoms with E-state index in [0.717, 1.165) is 0 Å². The van der Waals surface area contributed by atoms with Crippen LogP contribution in [-0.2, 0) is 9.53 Å². The standard InChI is InChI=1S/C6H12O5.Na/c7-2-1-5(6(9)10)11-4-3-8;/h5,7-8H,1-4H2,(H,9,10);/q;+1/p-1. The third kappa shape index (κ3) is 7.02. The Labute approximate surface area is 92.6 Å². The monoisotopic (exact) mass is 186 g/mol. The van der Waals surface area contributed by atoms with E-state index in [1.165, 1.54) is 0 Å². The van der Waals surface area contributed by atoms with E-state index in [4.69, 9.17) is 10.2 Å². The fourth-order valence-electron chi connectivity index (χ4n) is 0.581. The molecule has 0 rings (SSSR count). The summed E-state index contributed by atoms with van der Waals surface area (Å²) in [4.78, 5) is 10.2. The molecule has 0 bridgehead atoms. The van der Waals surface area contributed by atoms with Crippen molar-refractivity contribution in [3.8, 4) is 0 Å². The van der Waals surface area contributed by atoms with Crippen LogP contribution in [0.15, 0.2) is 0 Å². The molecule has 0 saturated heterocycles. The van der Waals surface area contributed by atoms with Gasteiger partial charge in [-0.05, 0) is 0 Å². The second-order valence-electron chi connectivity index (χ2n) is 1.91. The Morgan fingerprint density at radius 3 is 2.33 bits per heavy atom. The zero-order valence-electron chi connectivity index (χ0n) is 7.02. The quantitative estimate of drug-likeness (QED) is 0.404. The Morgan fingerprint density at radius 2 is 2.00 bits per heavy atom. The molecule has 1 unspecified atom stereocenters. The average molecular weight is 186 g/mol. The van der Waals surface area contributed by atoms with Gasteiger partial charge in [0.15, 0.2) is 0 Å². The molecule has 12 heavy (non-hydrogen) atoms. The van der Waals surface area contributed by atoms with Crippen molar-refractivity contribution in [2.75, 3.05) is 19.8 Å². The Kier molecular flexibility index (Phi) is 11.7. The van der Waals surface area contributed by atoms with E-state index >= 15 is 0 Å². The van der Waals surface area contributed by atoms with Gasteiger partial charge in [0.1, 0.15) is 0 Å². The van der Waals surface area contributed by atoms with Gasteiger partial charge < -0.3 is 24.9 Å². The van der Waals surface area contributed by atoms with Gasteiger partial charge in [0.25, 0.3) is 0 Å². The van der Waals surface area contributed by atoms with E-state index in [1.54, 1.807) is 0 Å². The van der Waals surface area contributed by atoms with E-state index < -0.39 is 12.1 Å². The van der Waals surface area contributed by atoms with Crippen LogP contribution in [-0.4, -0.2) is 42.1 Å². The van der Waals surface area contributed by atoms with Gasteiger partial charge in [-0.2, -0.15) is 0 Å². The zero-order chi connectivity index (χ0) is 8.69. The fourth-order valence-corrected chi connectivity index (χ4v) is 0.581. The molecule has 0 fully saturated rings. The molecule has 0 aliphatic carbocycles. The molecule has 0 aromatic carbocycles. The molecule has 0 heterocycles. The molecule has 5 nitrogen and oxygen atoms in total. The first-order chi connectivity index (χ1) is 5.22. The molecule has 6 heteroatoms. The summed E-state index contributed by atoms with van der Waals surface area (Å²) in [6.45, 7) is -0.571. The molecule has 0 aliphatic rings. The van der Waals surface area contributed by atoms with Crippen molar-refractivity contribution in [1.82, 2.24) is 0 Å². The Bertz CT molecular complexity index is 119. The maximum atomic E-state index is 10.2. The molecule has 66 valence electrons. The number of carboxylic acids is 1. The summed E-state index contributed by atoms with van der Waals surface area (Å²) >= 11 is 0. The van der Waals surface area contributed by atoms with Gasteiger partial charge in [-0.3, -0.25) is 0 Å². The third-order valence-corrected chi connectivity index (χ3v) is 1.06. The number of carboxylic acid groups (broad SMARTS) is 1. The van der Waals surface area contributed by atoms with Crippen LogP contribution in [0.5, 0.6) is 0 Å². The van der Waals surface area contributed by atoms with Gasteiger partial charge in [-0.25, -0.2) is 0 Å². The number of carbonyl (C=O) groups excluding carboxylic acids is 1. The van der Waals surface area contributed by atoms with Gasteiger partial charge in [0, 0.05) is 13.0 Å². The van der Waals surface area contributed by atoms with E-state index in [1.807, 2.05) is 0 Å². The molecule has 0 radical (unpaired) electrons. The molecule has 0 aliphatic heterocycles. The normalized spacial score (nSPS) is 11.8. The number of aliphatic hydroxyl groups is 2. The SMILES string of the molecule is O=C([O-])C(CCO)OCCO.[Na+]. The van der Waals surface area contributed by atoms with Gasteiger partial charge in [-0.1, -0.05) is 0 Å². The molecule has 0 saturated carbocycles. The topological polar surface area (TPSA) is 89.8 Å². The Balaban J connectivity index is 0. The van der Waals surface area contributed by atoms with Gasteiger partial charge in [-0.15, -0.1) is 0 Å². The molecule has 1 atom stereocenters. The number of rotatable bonds is 6. The Morgan fingerprint density at radius 1 is 1.42 bits per heavy atom. The summed E-state index contributed by atoms with van der Waals surface area (Å²) in [5.74, 6) is -1.37. The van der Waals surface area contributed by atoms with Crippen LogP contribution >= 0.6 is 0 Å². The van der Waals surface area contributed by atoms with Crippen molar-refractivity contribution in [3.63, 3.8) is 0 Å². The first kappa shape index (κ1) is 14.9. The summed E-state index contributed by atoms with van der Waals surface area (Å²) in [7, 11) is 0. The molecular formula is C6H11NaO5. The van der Waals surface area contributed by atoms with Crippen LogP contribution in [0.3, 0.4) is 0 Å². The number of hydrogen-bond acceptors (Lipinski definition) is 5. The third-order valence-electron chi connectivity index (χ3n) is 1.06. The van der Waals surface area contributed by atoms with Crippen molar-refractivity contribution >= 4 is 5.97 Å². The van der Waals surface area contributed by atoms with Crippen molar-refractivity contribution in [3.05, 3.63) is 0 Å². The predicted molar refractivity (Wildman–Crippen MR) is 33.5 cm³/mol. The van der Waals surface area contributed by atoms with Crippen molar-refractivity contribution in [2.45, 2.75) is 12.5 Å². The van der Waals surface area contributed by atoms with E-state index in [-0.39, 0.29) is 55.8 Å². The largest absolute Gasteiger partial charge is 1.00 e.